The molecule has 4 aromatic heterocycles. The quantitative estimate of drug-likeness (QED) is 0.122. The van der Waals surface area contributed by atoms with Gasteiger partial charge in [0.2, 0.25) is 0 Å². The number of thiophene rings is 2. The Morgan fingerprint density at radius 3 is 1.43 bits per heavy atom. The van der Waals surface area contributed by atoms with Gasteiger partial charge in [0.05, 0.1) is 22.4 Å². The third-order valence-corrected chi connectivity index (χ3v) is 23.3. The van der Waals surface area contributed by atoms with Gasteiger partial charge in [-0.3, -0.25) is 0 Å². The molecule has 0 amide bonds. The highest BCUT2D eigenvalue weighted by Gasteiger charge is 2.25. The Hall–Kier alpha value is -13.1. The first-order valence-corrected chi connectivity index (χ1v) is 37.0. The van der Waals surface area contributed by atoms with Crippen LogP contribution >= 0.6 is 22.7 Å². The van der Waals surface area contributed by atoms with Crippen molar-refractivity contribution >= 4 is 163 Å². The first kappa shape index (κ1) is 59.7. The Morgan fingerprint density at radius 2 is 0.654 bits per heavy atom. The molecule has 486 valence electrons. The molecule has 0 atom stereocenters. The minimum atomic E-state index is 0.850. The fourth-order valence-corrected chi connectivity index (χ4v) is 18.4. The second-order valence-corrected chi connectivity index (χ2v) is 29.2. The average molecular weight is 1360 g/mol. The van der Waals surface area contributed by atoms with Crippen molar-refractivity contribution in [3.05, 3.63) is 364 Å². The first-order valence-electron chi connectivity index (χ1n) is 35.3. The van der Waals surface area contributed by atoms with Gasteiger partial charge in [-0.25, -0.2) is 0 Å². The molecular weight excluding hydrogens is 1300 g/mol. The van der Waals surface area contributed by atoms with E-state index in [9.17, 15) is 0 Å². The van der Waals surface area contributed by atoms with Gasteiger partial charge in [-0.1, -0.05) is 243 Å². The summed E-state index contributed by atoms with van der Waals surface area (Å²) in [6, 6.07) is 134. The third-order valence-electron chi connectivity index (χ3n) is 21.1. The maximum Gasteiger partial charge on any atom is 0.137 e. The second kappa shape index (κ2) is 24.3. The van der Waals surface area contributed by atoms with E-state index in [0.717, 1.165) is 128 Å². The van der Waals surface area contributed by atoms with E-state index in [1.807, 2.05) is 34.8 Å². The lowest BCUT2D eigenvalue weighted by Crippen LogP contribution is -2.11. The Bertz CT molecular complexity index is 7020. The van der Waals surface area contributed by atoms with Crippen molar-refractivity contribution in [1.82, 2.24) is 0 Å². The third kappa shape index (κ3) is 10.0. The van der Waals surface area contributed by atoms with Crippen molar-refractivity contribution in [3.8, 4) is 66.8 Å². The molecule has 0 aliphatic carbocycles. The number of furan rings is 2. The summed E-state index contributed by atoms with van der Waals surface area (Å²) >= 11 is 3.71. The number of rotatable bonds is 12. The van der Waals surface area contributed by atoms with Crippen LogP contribution in [0.5, 0.6) is 0 Å². The molecular formula is C98H60N2O2S2. The van der Waals surface area contributed by atoms with Crippen LogP contribution in [0.3, 0.4) is 0 Å². The van der Waals surface area contributed by atoms with E-state index in [-0.39, 0.29) is 0 Å². The van der Waals surface area contributed by atoms with Gasteiger partial charge in [0.1, 0.15) is 22.3 Å². The van der Waals surface area contributed by atoms with Gasteiger partial charge >= 0.3 is 0 Å². The summed E-state index contributed by atoms with van der Waals surface area (Å²) in [5, 5.41) is 14.2. The number of para-hydroxylation sites is 3. The number of fused-ring (bicyclic) bond motifs is 14. The number of hydrogen-bond acceptors (Lipinski definition) is 6. The predicted octanol–water partition coefficient (Wildman–Crippen LogP) is 29.5. The van der Waals surface area contributed by atoms with Crippen molar-refractivity contribution in [2.75, 3.05) is 9.80 Å². The van der Waals surface area contributed by atoms with E-state index in [0.29, 0.717) is 0 Å². The van der Waals surface area contributed by atoms with E-state index < -0.39 is 0 Å². The molecule has 21 rings (SSSR count). The summed E-state index contributed by atoms with van der Waals surface area (Å²) in [7, 11) is 0. The van der Waals surface area contributed by atoms with E-state index in [1.165, 1.54) is 78.6 Å². The first-order chi connectivity index (χ1) is 51.5. The highest BCUT2D eigenvalue weighted by molar-refractivity contribution is 7.26. The molecule has 104 heavy (non-hydrogen) atoms. The zero-order valence-corrected chi connectivity index (χ0v) is 57.8. The van der Waals surface area contributed by atoms with Crippen LogP contribution in [0.15, 0.2) is 373 Å². The molecule has 0 bridgehead atoms. The second-order valence-electron chi connectivity index (χ2n) is 27.0. The van der Waals surface area contributed by atoms with Crippen LogP contribution in [-0.4, -0.2) is 0 Å². The van der Waals surface area contributed by atoms with Crippen LogP contribution < -0.4 is 9.80 Å². The summed E-state index contributed by atoms with van der Waals surface area (Å²) in [6.07, 6.45) is 0. The molecule has 6 heteroatoms. The average Bonchev–Trinajstić information content (AvgIpc) is 1.62. The molecule has 21 aromatic rings. The lowest BCUT2D eigenvalue weighted by atomic mass is 9.91. The van der Waals surface area contributed by atoms with Gasteiger partial charge in [0.25, 0.3) is 0 Å². The number of nitrogens with zero attached hydrogens (tertiary/aromatic N) is 2. The van der Waals surface area contributed by atoms with Gasteiger partial charge in [-0.2, -0.15) is 0 Å². The fraction of sp³-hybridized carbons (Fsp3) is 0. The summed E-state index contributed by atoms with van der Waals surface area (Å²) in [5.41, 5.74) is 23.5. The van der Waals surface area contributed by atoms with Crippen molar-refractivity contribution in [1.29, 1.82) is 0 Å². The van der Waals surface area contributed by atoms with E-state index in [1.54, 1.807) is 0 Å². The summed E-state index contributed by atoms with van der Waals surface area (Å²) in [6.45, 7) is 0. The molecule has 0 aliphatic rings. The molecule has 17 aromatic carbocycles. The number of hydrogen-bond donors (Lipinski definition) is 0. The van der Waals surface area contributed by atoms with Crippen LogP contribution in [-0.2, 0) is 0 Å². The number of anilines is 6. The Balaban J connectivity index is 0.683. The Kier molecular flexibility index (Phi) is 14.0. The zero-order chi connectivity index (χ0) is 68.3. The Labute approximate surface area is 607 Å². The highest BCUT2D eigenvalue weighted by atomic mass is 32.1. The molecule has 0 aliphatic heterocycles. The van der Waals surface area contributed by atoms with Crippen LogP contribution in [0.2, 0.25) is 0 Å². The van der Waals surface area contributed by atoms with E-state index in [4.69, 9.17) is 8.83 Å². The lowest BCUT2D eigenvalue weighted by Gasteiger charge is -2.29. The SMILES string of the molecule is c1cc(-c2ccc(N(c3ccccc3-c3ccc4c(c3)sc3ccccc34)c3cccc4oc5ccccc5c34)cc2)cc(-c2cccc3ccc(-c4ccc(N(c5cccc(-c6cccc7ccccc67)c5)c5ccc6oc7ccccc7c6c5)c(-c5ccc6c(c5)sc5ccccc56)c4)cc23)c1. The molecule has 4 nitrogen and oxygen atoms in total. The largest absolute Gasteiger partial charge is 0.456 e. The highest BCUT2D eigenvalue weighted by Crippen LogP contribution is 2.51. The molecule has 4 heterocycles. The molecule has 0 saturated heterocycles. The molecule has 0 spiro atoms. The fourth-order valence-electron chi connectivity index (χ4n) is 16.1. The van der Waals surface area contributed by atoms with Gasteiger partial charge in [0.15, 0.2) is 0 Å². The normalized spacial score (nSPS) is 11.8. The maximum absolute atomic E-state index is 6.58. The zero-order valence-electron chi connectivity index (χ0n) is 56.2. The van der Waals surface area contributed by atoms with Crippen molar-refractivity contribution in [2.45, 2.75) is 0 Å². The molecule has 0 saturated carbocycles. The molecule has 0 N–H and O–H groups in total. The minimum Gasteiger partial charge on any atom is -0.456 e. The predicted molar refractivity (Wildman–Crippen MR) is 444 cm³/mol. The number of benzene rings is 17. The summed E-state index contributed by atoms with van der Waals surface area (Å²) in [5.74, 6) is 0. The van der Waals surface area contributed by atoms with E-state index >= 15 is 0 Å². The smallest absolute Gasteiger partial charge is 0.137 e. The summed E-state index contributed by atoms with van der Waals surface area (Å²) in [4.78, 5) is 4.88. The van der Waals surface area contributed by atoms with Gasteiger partial charge in [0, 0.05) is 84.7 Å². The van der Waals surface area contributed by atoms with Crippen molar-refractivity contribution in [3.63, 3.8) is 0 Å². The Morgan fingerprint density at radius 1 is 0.192 bits per heavy atom. The van der Waals surface area contributed by atoms with Gasteiger partial charge < -0.3 is 18.6 Å². The molecule has 0 radical (unpaired) electrons. The molecule has 0 fully saturated rings. The minimum absolute atomic E-state index is 0.850. The van der Waals surface area contributed by atoms with Crippen LogP contribution in [0, 0.1) is 0 Å². The topological polar surface area (TPSA) is 32.8 Å². The van der Waals surface area contributed by atoms with Crippen LogP contribution in [0.25, 0.3) is 173 Å². The molecule has 0 unspecified atom stereocenters. The lowest BCUT2D eigenvalue weighted by molar-refractivity contribution is 0.668. The van der Waals surface area contributed by atoms with Gasteiger partial charge in [-0.05, 0) is 199 Å². The van der Waals surface area contributed by atoms with E-state index in [2.05, 4.69) is 362 Å². The van der Waals surface area contributed by atoms with Crippen molar-refractivity contribution in [2.24, 2.45) is 0 Å². The summed E-state index contributed by atoms with van der Waals surface area (Å²) < 4.78 is 18.2. The van der Waals surface area contributed by atoms with Crippen LogP contribution in [0.1, 0.15) is 0 Å². The van der Waals surface area contributed by atoms with Gasteiger partial charge in [-0.15, -0.1) is 22.7 Å². The monoisotopic (exact) mass is 1360 g/mol. The van der Waals surface area contributed by atoms with Crippen LogP contribution in [0.4, 0.5) is 34.1 Å². The maximum atomic E-state index is 6.58. The van der Waals surface area contributed by atoms with Crippen molar-refractivity contribution < 1.29 is 8.83 Å². The standard InChI is InChI=1S/C98H60N2O2S2/c1-2-25-74-62(18-1)19-15-31-75(74)68-23-14-24-72(55-68)99(73-49-53-92-86(60-73)78-27-4-9-35-90(78)101-92)88-52-46-66(57-85(88)70-45-51-82-80-29-7-12-39-95(80)104-97(82)59-70)65-41-40-63-20-16-32-76(84(63)56-65)67-22-13-21-64(54-67)61-42-47-71(48-43-61)100(89-34-17-37-93-98(89)83-30-5-10-36-91(83)102-93)87-33-8-3-26-77(87)69-44-50-81-79-28-6-11-38-94(79)103-96(81)58-69/h1-60H.